The van der Waals surface area contributed by atoms with Crippen molar-refractivity contribution < 1.29 is 14.6 Å². The van der Waals surface area contributed by atoms with Gasteiger partial charge in [-0.1, -0.05) is 0 Å². The van der Waals surface area contributed by atoms with Crippen molar-refractivity contribution in [3.05, 3.63) is 12.7 Å². The third-order valence-corrected chi connectivity index (χ3v) is 3.43. The van der Waals surface area contributed by atoms with Crippen molar-refractivity contribution in [3.8, 4) is 0 Å². The Kier molecular flexibility index (Phi) is 2.26. The number of aliphatic hydroxyl groups excluding tert-OH is 1. The van der Waals surface area contributed by atoms with E-state index in [2.05, 4.69) is 15.0 Å². The molecule has 0 unspecified atom stereocenters. The monoisotopic (exact) mass is 253 g/mol. The van der Waals surface area contributed by atoms with Gasteiger partial charge in [-0.15, -0.1) is 0 Å². The maximum atomic E-state index is 13.9. The molecule has 0 saturated heterocycles. The summed E-state index contributed by atoms with van der Waals surface area (Å²) in [7, 11) is 0. The lowest BCUT2D eigenvalue weighted by molar-refractivity contribution is -0.165. The Morgan fingerprint density at radius 3 is 2.94 bits per heavy atom. The SMILES string of the molecule is Nc1ncnc2c1ncn2[C@@H]1C[C@](O)(CO)[C@@H]1F. The third kappa shape index (κ3) is 1.33. The summed E-state index contributed by atoms with van der Waals surface area (Å²) in [6, 6.07) is -0.596. The van der Waals surface area contributed by atoms with Gasteiger partial charge in [0.1, 0.15) is 17.4 Å². The standard InChI is InChI=1S/C10H12FN5O2/c11-7-5(1-10(7,18)2-17)16-4-15-6-8(12)13-3-14-9(6)16/h3-5,7,17-18H,1-2H2,(H2,12,13,14)/t5-,7-,10+/m1/s1. The predicted octanol–water partition coefficient (Wildman–Crippen LogP) is -0.585. The molecule has 96 valence electrons. The van der Waals surface area contributed by atoms with Crippen LogP contribution in [-0.2, 0) is 0 Å². The van der Waals surface area contributed by atoms with Crippen LogP contribution >= 0.6 is 0 Å². The first kappa shape index (κ1) is 11.3. The largest absolute Gasteiger partial charge is 0.393 e. The molecule has 1 saturated carbocycles. The number of anilines is 1. The number of nitrogens with zero attached hydrogens (tertiary/aromatic N) is 4. The van der Waals surface area contributed by atoms with Gasteiger partial charge in [-0.3, -0.25) is 0 Å². The first-order valence-corrected chi connectivity index (χ1v) is 5.47. The first-order chi connectivity index (χ1) is 8.57. The van der Waals surface area contributed by atoms with Crippen molar-refractivity contribution in [2.75, 3.05) is 12.3 Å². The van der Waals surface area contributed by atoms with Gasteiger partial charge >= 0.3 is 0 Å². The van der Waals surface area contributed by atoms with Crippen molar-refractivity contribution in [1.82, 2.24) is 19.5 Å². The minimum absolute atomic E-state index is 0.111. The highest BCUT2D eigenvalue weighted by atomic mass is 19.1. The van der Waals surface area contributed by atoms with Crippen molar-refractivity contribution in [3.63, 3.8) is 0 Å². The van der Waals surface area contributed by atoms with E-state index in [9.17, 15) is 9.50 Å². The van der Waals surface area contributed by atoms with E-state index in [1.54, 1.807) is 0 Å². The van der Waals surface area contributed by atoms with E-state index in [1.165, 1.54) is 17.2 Å². The third-order valence-electron chi connectivity index (χ3n) is 3.43. The molecule has 1 fully saturated rings. The molecule has 4 N–H and O–H groups in total. The molecule has 0 amide bonds. The van der Waals surface area contributed by atoms with Gasteiger partial charge in [-0.25, -0.2) is 19.3 Å². The molecule has 3 rings (SSSR count). The summed E-state index contributed by atoms with van der Waals surface area (Å²) in [4.78, 5) is 11.8. The van der Waals surface area contributed by atoms with Crippen molar-refractivity contribution in [2.45, 2.75) is 24.2 Å². The lowest BCUT2D eigenvalue weighted by atomic mass is 9.74. The normalized spacial score (nSPS) is 31.5. The van der Waals surface area contributed by atoms with Gasteiger partial charge in [0, 0.05) is 6.42 Å². The second kappa shape index (κ2) is 3.59. The average molecular weight is 253 g/mol. The topological polar surface area (TPSA) is 110 Å². The number of fused-ring (bicyclic) bond motifs is 1. The maximum absolute atomic E-state index is 13.9. The summed E-state index contributed by atoms with van der Waals surface area (Å²) in [5.41, 5.74) is 4.80. The molecule has 0 radical (unpaired) electrons. The van der Waals surface area contributed by atoms with Gasteiger partial charge in [0.15, 0.2) is 17.6 Å². The minimum Gasteiger partial charge on any atom is -0.393 e. The Morgan fingerprint density at radius 1 is 1.50 bits per heavy atom. The zero-order chi connectivity index (χ0) is 12.9. The van der Waals surface area contributed by atoms with Crippen LogP contribution < -0.4 is 5.73 Å². The number of hydrogen-bond acceptors (Lipinski definition) is 6. The van der Waals surface area contributed by atoms with Gasteiger partial charge in [0.05, 0.1) is 19.0 Å². The Balaban J connectivity index is 2.00. The molecule has 0 spiro atoms. The predicted molar refractivity (Wildman–Crippen MR) is 60.3 cm³/mol. The fourth-order valence-electron chi connectivity index (χ4n) is 2.28. The van der Waals surface area contributed by atoms with E-state index in [0.717, 1.165) is 0 Å². The van der Waals surface area contributed by atoms with E-state index in [1.807, 2.05) is 0 Å². The summed E-state index contributed by atoms with van der Waals surface area (Å²) in [6.45, 7) is -0.603. The number of aromatic nitrogens is 4. The van der Waals surface area contributed by atoms with Gasteiger partial charge in [0.2, 0.25) is 0 Å². The Hall–Kier alpha value is -1.80. The van der Waals surface area contributed by atoms with E-state index in [0.29, 0.717) is 11.2 Å². The van der Waals surface area contributed by atoms with Gasteiger partial charge in [-0.05, 0) is 0 Å². The lowest BCUT2D eigenvalue weighted by Crippen LogP contribution is -2.58. The summed E-state index contributed by atoms with van der Waals surface area (Å²) in [5.74, 6) is 0.228. The van der Waals surface area contributed by atoms with Gasteiger partial charge < -0.3 is 20.5 Å². The molecule has 2 heterocycles. The van der Waals surface area contributed by atoms with Crippen LogP contribution in [0.4, 0.5) is 10.2 Å². The number of alkyl halides is 1. The number of halogens is 1. The van der Waals surface area contributed by atoms with E-state index in [4.69, 9.17) is 10.8 Å². The highest BCUT2D eigenvalue weighted by Crippen LogP contribution is 2.44. The van der Waals surface area contributed by atoms with Crippen LogP contribution in [-0.4, -0.2) is 48.1 Å². The highest BCUT2D eigenvalue weighted by molar-refractivity contribution is 5.81. The molecule has 2 aromatic rings. The minimum atomic E-state index is -1.67. The first-order valence-electron chi connectivity index (χ1n) is 5.47. The fourth-order valence-corrected chi connectivity index (χ4v) is 2.28. The smallest absolute Gasteiger partial charge is 0.165 e. The second-order valence-electron chi connectivity index (χ2n) is 4.52. The Labute approximate surface area is 101 Å². The average Bonchev–Trinajstić information content (AvgIpc) is 2.80. The Morgan fingerprint density at radius 2 is 2.28 bits per heavy atom. The second-order valence-corrected chi connectivity index (χ2v) is 4.52. The van der Waals surface area contributed by atoms with Crippen LogP contribution in [0, 0.1) is 0 Å². The Bertz CT molecular complexity index is 603. The van der Waals surface area contributed by atoms with Crippen LogP contribution in [0.2, 0.25) is 0 Å². The zero-order valence-corrected chi connectivity index (χ0v) is 9.36. The van der Waals surface area contributed by atoms with E-state index in [-0.39, 0.29) is 12.2 Å². The zero-order valence-electron chi connectivity index (χ0n) is 9.36. The van der Waals surface area contributed by atoms with Crippen molar-refractivity contribution >= 4 is 17.0 Å². The van der Waals surface area contributed by atoms with Crippen molar-refractivity contribution in [1.29, 1.82) is 0 Å². The molecular formula is C10H12FN5O2. The van der Waals surface area contributed by atoms with Crippen LogP contribution in [0.1, 0.15) is 12.5 Å². The number of hydrogen-bond donors (Lipinski definition) is 3. The van der Waals surface area contributed by atoms with Crippen LogP contribution in [0.25, 0.3) is 11.2 Å². The summed E-state index contributed by atoms with van der Waals surface area (Å²) >= 11 is 0. The number of imidazole rings is 1. The molecule has 0 bridgehead atoms. The summed E-state index contributed by atoms with van der Waals surface area (Å²) < 4.78 is 15.4. The quantitative estimate of drug-likeness (QED) is 0.660. The van der Waals surface area contributed by atoms with E-state index >= 15 is 0 Å². The fraction of sp³-hybridized carbons (Fsp3) is 0.500. The lowest BCUT2D eigenvalue weighted by Gasteiger charge is -2.46. The number of aliphatic hydroxyl groups is 2. The van der Waals surface area contributed by atoms with E-state index < -0.39 is 24.4 Å². The molecule has 2 aromatic heterocycles. The molecule has 7 nitrogen and oxygen atoms in total. The number of rotatable bonds is 2. The molecule has 1 aliphatic carbocycles. The van der Waals surface area contributed by atoms with Crippen LogP contribution in [0.5, 0.6) is 0 Å². The number of nitrogen functional groups attached to an aromatic ring is 1. The maximum Gasteiger partial charge on any atom is 0.165 e. The molecule has 1 aliphatic rings. The molecule has 3 atom stereocenters. The van der Waals surface area contributed by atoms with Gasteiger partial charge in [-0.2, -0.15) is 0 Å². The molecule has 0 aromatic carbocycles. The highest BCUT2D eigenvalue weighted by Gasteiger charge is 2.54. The van der Waals surface area contributed by atoms with Crippen molar-refractivity contribution in [2.24, 2.45) is 0 Å². The summed E-state index contributed by atoms with van der Waals surface area (Å²) in [5, 5.41) is 18.6. The van der Waals surface area contributed by atoms with Gasteiger partial charge in [0.25, 0.3) is 0 Å². The number of nitrogens with two attached hydrogens (primary N) is 1. The molecule has 18 heavy (non-hydrogen) atoms. The van der Waals surface area contributed by atoms with Crippen LogP contribution in [0.3, 0.4) is 0 Å². The summed E-state index contributed by atoms with van der Waals surface area (Å²) in [6.07, 6.45) is 1.25. The molecule has 0 aliphatic heterocycles. The molecule has 8 heteroatoms. The molecular weight excluding hydrogens is 241 g/mol. The van der Waals surface area contributed by atoms with Crippen LogP contribution in [0.15, 0.2) is 12.7 Å².